The Morgan fingerprint density at radius 2 is 2.06 bits per heavy atom. The first kappa shape index (κ1) is 13.9. The van der Waals surface area contributed by atoms with Crippen molar-refractivity contribution < 1.29 is 25.0 Å². The highest BCUT2D eigenvalue weighted by Crippen LogP contribution is 2.30. The quantitative estimate of drug-likeness (QED) is 0.415. The van der Waals surface area contributed by atoms with E-state index in [0.29, 0.717) is 0 Å². The molecule has 8 heteroatoms. The fourth-order valence-electron chi connectivity index (χ4n) is 1.41. The van der Waals surface area contributed by atoms with Gasteiger partial charge in [-0.05, 0) is 11.6 Å². The smallest absolute Gasteiger partial charge is 0.311 e. The predicted molar refractivity (Wildman–Crippen MR) is 59.5 cm³/mol. The maximum absolute atomic E-state index is 10.6. The van der Waals surface area contributed by atoms with Gasteiger partial charge < -0.3 is 21.1 Å². The number of nitro groups is 1. The van der Waals surface area contributed by atoms with Crippen LogP contribution in [0.2, 0.25) is 0 Å². The fraction of sp³-hybridized carbons (Fsp3) is 0.300. The number of primary amides is 1. The van der Waals surface area contributed by atoms with Crippen LogP contribution >= 0.6 is 0 Å². The lowest BCUT2D eigenvalue weighted by Gasteiger charge is -2.16. The molecule has 0 saturated heterocycles. The minimum Gasteiger partial charge on any atom is -0.502 e. The molecule has 0 saturated carbocycles. The van der Waals surface area contributed by atoms with Crippen LogP contribution in [0.15, 0.2) is 18.2 Å². The Balaban J connectivity index is 2.99. The molecule has 0 heterocycles. The molecular weight excluding hydrogens is 244 g/mol. The molecule has 2 atom stereocenters. The number of carbonyl (C=O) groups excluding carboxylic acids is 1. The molecule has 5 N–H and O–H groups in total. The number of aliphatic hydroxyl groups is 2. The number of hydrogen-bond donors (Lipinski definition) is 4. The van der Waals surface area contributed by atoms with Crippen molar-refractivity contribution in [2.45, 2.75) is 18.6 Å². The molecule has 0 aromatic heterocycles. The Kier molecular flexibility index (Phi) is 4.18. The third kappa shape index (κ3) is 3.15. The molecule has 0 bridgehead atoms. The maximum Gasteiger partial charge on any atom is 0.311 e. The van der Waals surface area contributed by atoms with Crippen molar-refractivity contribution in [2.24, 2.45) is 5.73 Å². The molecule has 0 radical (unpaired) electrons. The molecule has 1 rings (SSSR count). The number of carbonyl (C=O) groups is 1. The van der Waals surface area contributed by atoms with Gasteiger partial charge in [0.2, 0.25) is 5.91 Å². The monoisotopic (exact) mass is 256 g/mol. The molecule has 0 aliphatic heterocycles. The molecule has 8 nitrogen and oxygen atoms in total. The molecule has 0 spiro atoms. The number of nitro benzene ring substituents is 1. The van der Waals surface area contributed by atoms with Crippen molar-refractivity contribution in [1.29, 1.82) is 0 Å². The first-order chi connectivity index (χ1) is 8.32. The van der Waals surface area contributed by atoms with Gasteiger partial charge in [-0.15, -0.1) is 0 Å². The average Bonchev–Trinajstić information content (AvgIpc) is 2.27. The van der Waals surface area contributed by atoms with Gasteiger partial charge in [0.25, 0.3) is 0 Å². The second-order valence-electron chi connectivity index (χ2n) is 3.69. The van der Waals surface area contributed by atoms with Crippen molar-refractivity contribution in [3.63, 3.8) is 0 Å². The molecule has 18 heavy (non-hydrogen) atoms. The van der Waals surface area contributed by atoms with E-state index in [1.54, 1.807) is 0 Å². The molecule has 98 valence electrons. The van der Waals surface area contributed by atoms with Crippen LogP contribution < -0.4 is 5.73 Å². The van der Waals surface area contributed by atoms with Gasteiger partial charge in [-0.2, -0.15) is 0 Å². The second-order valence-corrected chi connectivity index (χ2v) is 3.69. The number of benzene rings is 1. The Bertz CT molecular complexity index is 475. The summed E-state index contributed by atoms with van der Waals surface area (Å²) in [7, 11) is 0. The van der Waals surface area contributed by atoms with Crippen molar-refractivity contribution >= 4 is 11.6 Å². The number of phenolic OH excluding ortho intramolecular Hbond substituents is 1. The summed E-state index contributed by atoms with van der Waals surface area (Å²) in [5, 5.41) is 38.9. The van der Waals surface area contributed by atoms with Gasteiger partial charge in [-0.25, -0.2) is 0 Å². The summed E-state index contributed by atoms with van der Waals surface area (Å²) in [4.78, 5) is 20.3. The lowest BCUT2D eigenvalue weighted by Crippen LogP contribution is -2.25. The summed E-state index contributed by atoms with van der Waals surface area (Å²) in [5.74, 6) is -1.37. The van der Waals surface area contributed by atoms with Crippen LogP contribution in [-0.2, 0) is 4.79 Å². The highest BCUT2D eigenvalue weighted by molar-refractivity contribution is 5.74. The Hall–Kier alpha value is -2.19. The molecule has 0 aliphatic rings. The minimum absolute atomic E-state index is 0.00764. The molecular formula is C10H12N2O6. The number of nitrogens with two attached hydrogens (primary N) is 1. The third-order valence-electron chi connectivity index (χ3n) is 2.31. The van der Waals surface area contributed by atoms with Crippen molar-refractivity contribution in [2.75, 3.05) is 0 Å². The van der Waals surface area contributed by atoms with E-state index in [9.17, 15) is 30.2 Å². The van der Waals surface area contributed by atoms with Gasteiger partial charge in [0.15, 0.2) is 5.75 Å². The molecule has 1 aromatic carbocycles. The minimum atomic E-state index is -1.50. The van der Waals surface area contributed by atoms with E-state index in [1.165, 1.54) is 6.07 Å². The number of rotatable bonds is 5. The van der Waals surface area contributed by atoms with Gasteiger partial charge in [-0.3, -0.25) is 14.9 Å². The summed E-state index contributed by atoms with van der Waals surface area (Å²) in [6, 6.07) is 3.15. The summed E-state index contributed by atoms with van der Waals surface area (Å²) in [5.41, 5.74) is 4.26. The lowest BCUT2D eigenvalue weighted by atomic mass is 10.0. The normalized spacial score (nSPS) is 13.9. The SMILES string of the molecule is NC(=O)CC(O)C(O)c1ccc(O)c([N+](=O)[O-])c1. The number of nitrogens with zero attached hydrogens (tertiary/aromatic N) is 1. The van der Waals surface area contributed by atoms with E-state index in [0.717, 1.165) is 12.1 Å². The van der Waals surface area contributed by atoms with Gasteiger partial charge in [0, 0.05) is 6.07 Å². The highest BCUT2D eigenvalue weighted by Gasteiger charge is 2.23. The van der Waals surface area contributed by atoms with Crippen LogP contribution in [0, 0.1) is 10.1 Å². The van der Waals surface area contributed by atoms with Crippen molar-refractivity contribution in [1.82, 2.24) is 0 Å². The number of phenols is 1. The zero-order chi connectivity index (χ0) is 13.9. The van der Waals surface area contributed by atoms with Gasteiger partial charge >= 0.3 is 5.69 Å². The van der Waals surface area contributed by atoms with Crippen LogP contribution in [0.25, 0.3) is 0 Å². The third-order valence-corrected chi connectivity index (χ3v) is 2.31. The number of hydrogen-bond acceptors (Lipinski definition) is 6. The second kappa shape index (κ2) is 5.43. The maximum atomic E-state index is 10.6. The molecule has 0 aliphatic carbocycles. The Labute approximate surface area is 101 Å². The van der Waals surface area contributed by atoms with Crippen LogP contribution in [0.5, 0.6) is 5.75 Å². The number of aromatic hydroxyl groups is 1. The summed E-state index contributed by atoms with van der Waals surface area (Å²) in [6.45, 7) is 0. The van der Waals surface area contributed by atoms with Crippen LogP contribution in [0.4, 0.5) is 5.69 Å². The Morgan fingerprint density at radius 1 is 1.44 bits per heavy atom. The summed E-state index contributed by atoms with van der Waals surface area (Å²) < 4.78 is 0. The average molecular weight is 256 g/mol. The lowest BCUT2D eigenvalue weighted by molar-refractivity contribution is -0.386. The van der Waals surface area contributed by atoms with Crippen LogP contribution in [0.3, 0.4) is 0 Å². The first-order valence-corrected chi connectivity index (χ1v) is 4.94. The van der Waals surface area contributed by atoms with E-state index < -0.39 is 40.9 Å². The number of aliphatic hydroxyl groups excluding tert-OH is 2. The van der Waals surface area contributed by atoms with Crippen LogP contribution in [0.1, 0.15) is 18.1 Å². The van der Waals surface area contributed by atoms with Gasteiger partial charge in [0.1, 0.15) is 6.10 Å². The topological polar surface area (TPSA) is 147 Å². The van der Waals surface area contributed by atoms with Gasteiger partial charge in [0.05, 0.1) is 17.4 Å². The Morgan fingerprint density at radius 3 is 2.56 bits per heavy atom. The van der Waals surface area contributed by atoms with E-state index in [2.05, 4.69) is 0 Å². The standard InChI is InChI=1S/C10H12N2O6/c11-9(15)4-8(14)10(16)5-1-2-7(13)6(3-5)12(17)18/h1-3,8,10,13-14,16H,4H2,(H2,11,15). The van der Waals surface area contributed by atoms with Crippen molar-refractivity contribution in [3.8, 4) is 5.75 Å². The fourth-order valence-corrected chi connectivity index (χ4v) is 1.41. The van der Waals surface area contributed by atoms with E-state index >= 15 is 0 Å². The zero-order valence-electron chi connectivity index (χ0n) is 9.18. The highest BCUT2D eigenvalue weighted by atomic mass is 16.6. The summed E-state index contributed by atoms with van der Waals surface area (Å²) in [6.07, 6.45) is -3.45. The van der Waals surface area contributed by atoms with E-state index in [-0.39, 0.29) is 5.56 Å². The van der Waals surface area contributed by atoms with Gasteiger partial charge in [-0.1, -0.05) is 6.07 Å². The zero-order valence-corrected chi connectivity index (χ0v) is 9.18. The van der Waals surface area contributed by atoms with E-state index in [4.69, 9.17) is 5.73 Å². The van der Waals surface area contributed by atoms with E-state index in [1.807, 2.05) is 0 Å². The molecule has 1 aromatic rings. The molecule has 1 amide bonds. The predicted octanol–water partition coefficient (Wildman–Crippen LogP) is -0.430. The largest absolute Gasteiger partial charge is 0.502 e. The van der Waals surface area contributed by atoms with Crippen LogP contribution in [-0.4, -0.2) is 32.3 Å². The first-order valence-electron chi connectivity index (χ1n) is 4.94. The molecule has 2 unspecified atom stereocenters. The van der Waals surface area contributed by atoms with Crippen molar-refractivity contribution in [3.05, 3.63) is 33.9 Å². The molecule has 0 fully saturated rings. The number of amides is 1. The summed E-state index contributed by atoms with van der Waals surface area (Å²) >= 11 is 0.